The van der Waals surface area contributed by atoms with Crippen LogP contribution in [0.15, 0.2) is 24.3 Å². The largest absolute Gasteiger partial charge is 0.480 e. The average molecular weight is 262 g/mol. The molecule has 0 spiro atoms. The number of carboxylic acid groups (broad SMARTS) is 1. The Morgan fingerprint density at radius 2 is 1.95 bits per heavy atom. The van der Waals surface area contributed by atoms with E-state index in [9.17, 15) is 9.59 Å². The highest BCUT2D eigenvalue weighted by molar-refractivity contribution is 5.85. The zero-order valence-corrected chi connectivity index (χ0v) is 10.6. The molecule has 1 aromatic carbocycles. The lowest BCUT2D eigenvalue weighted by molar-refractivity contribution is -0.142. The highest BCUT2D eigenvalue weighted by Gasteiger charge is 2.37. The van der Waals surface area contributed by atoms with Gasteiger partial charge in [0.25, 0.3) is 0 Å². The van der Waals surface area contributed by atoms with Crippen LogP contribution in [0.3, 0.4) is 0 Å². The molecule has 4 N–H and O–H groups in total. The molecule has 19 heavy (non-hydrogen) atoms. The van der Waals surface area contributed by atoms with Crippen LogP contribution in [-0.4, -0.2) is 23.0 Å². The van der Waals surface area contributed by atoms with Crippen LogP contribution < -0.4 is 11.1 Å². The molecule has 1 unspecified atom stereocenters. The summed E-state index contributed by atoms with van der Waals surface area (Å²) in [5.74, 6) is -1.13. The molecule has 0 bridgehead atoms. The van der Waals surface area contributed by atoms with Crippen LogP contribution >= 0.6 is 0 Å². The van der Waals surface area contributed by atoms with Crippen LogP contribution in [-0.2, 0) is 22.6 Å². The first-order chi connectivity index (χ1) is 9.11. The van der Waals surface area contributed by atoms with Crippen LogP contribution in [0, 0.1) is 5.92 Å². The summed E-state index contributed by atoms with van der Waals surface area (Å²) in [5, 5.41) is 11.7. The van der Waals surface area contributed by atoms with E-state index in [1.165, 1.54) is 0 Å². The highest BCUT2D eigenvalue weighted by Crippen LogP contribution is 2.32. The van der Waals surface area contributed by atoms with Crippen LogP contribution in [0.25, 0.3) is 0 Å². The topological polar surface area (TPSA) is 92.4 Å². The van der Waals surface area contributed by atoms with E-state index in [2.05, 4.69) is 5.32 Å². The molecule has 1 aromatic rings. The SMILES string of the molecule is NCc1ccccc1CC(=O)NC(C(=O)O)C1CC1. The van der Waals surface area contributed by atoms with Crippen molar-refractivity contribution in [3.05, 3.63) is 35.4 Å². The molecule has 5 nitrogen and oxygen atoms in total. The molecular formula is C14H18N2O3. The normalized spacial score (nSPS) is 15.8. The van der Waals surface area contributed by atoms with Gasteiger partial charge >= 0.3 is 5.97 Å². The molecule has 102 valence electrons. The fraction of sp³-hybridized carbons (Fsp3) is 0.429. The molecule has 1 aliphatic carbocycles. The Morgan fingerprint density at radius 1 is 1.32 bits per heavy atom. The third-order valence-corrected chi connectivity index (χ3v) is 3.37. The molecule has 1 atom stereocenters. The number of carbonyl (C=O) groups is 2. The molecule has 1 saturated carbocycles. The molecular weight excluding hydrogens is 244 g/mol. The summed E-state index contributed by atoms with van der Waals surface area (Å²) in [6.45, 7) is 0.369. The molecule has 1 amide bonds. The second-order valence-corrected chi connectivity index (χ2v) is 4.87. The fourth-order valence-corrected chi connectivity index (χ4v) is 2.14. The van der Waals surface area contributed by atoms with Gasteiger partial charge in [-0.05, 0) is 29.9 Å². The Bertz CT molecular complexity index is 483. The van der Waals surface area contributed by atoms with Gasteiger partial charge in [-0.15, -0.1) is 0 Å². The number of benzene rings is 1. The number of rotatable bonds is 6. The molecule has 0 heterocycles. The molecule has 0 aromatic heterocycles. The Balaban J connectivity index is 1.98. The van der Waals surface area contributed by atoms with E-state index in [1.54, 1.807) is 0 Å². The third kappa shape index (κ3) is 3.54. The van der Waals surface area contributed by atoms with Crippen molar-refractivity contribution in [3.63, 3.8) is 0 Å². The Labute approximate surface area is 111 Å². The van der Waals surface area contributed by atoms with E-state index in [1.807, 2.05) is 24.3 Å². The molecule has 1 aliphatic rings. The predicted octanol–water partition coefficient (Wildman–Crippen LogP) is 0.667. The van der Waals surface area contributed by atoms with Crippen molar-refractivity contribution in [1.29, 1.82) is 0 Å². The number of carbonyl (C=O) groups excluding carboxylic acids is 1. The molecule has 0 aliphatic heterocycles. The van der Waals surface area contributed by atoms with Crippen molar-refractivity contribution in [2.24, 2.45) is 11.7 Å². The second-order valence-electron chi connectivity index (χ2n) is 4.87. The highest BCUT2D eigenvalue weighted by atomic mass is 16.4. The van der Waals surface area contributed by atoms with Gasteiger partial charge in [-0.3, -0.25) is 4.79 Å². The average Bonchev–Trinajstić information content (AvgIpc) is 3.20. The molecule has 0 saturated heterocycles. The van der Waals surface area contributed by atoms with Gasteiger partial charge in [0.1, 0.15) is 6.04 Å². The van der Waals surface area contributed by atoms with Crippen LogP contribution in [0.4, 0.5) is 0 Å². The van der Waals surface area contributed by atoms with Gasteiger partial charge in [-0.2, -0.15) is 0 Å². The number of nitrogens with one attached hydrogen (secondary N) is 1. The number of carboxylic acids is 1. The molecule has 5 heteroatoms. The predicted molar refractivity (Wildman–Crippen MR) is 70.3 cm³/mol. The minimum atomic E-state index is -0.956. The van der Waals surface area contributed by atoms with Crippen LogP contribution in [0.2, 0.25) is 0 Å². The number of hydrogen-bond acceptors (Lipinski definition) is 3. The summed E-state index contributed by atoms with van der Waals surface area (Å²) < 4.78 is 0. The van der Waals surface area contributed by atoms with Gasteiger partial charge in [0.2, 0.25) is 5.91 Å². The summed E-state index contributed by atoms with van der Waals surface area (Å²) in [4.78, 5) is 23.0. The summed E-state index contributed by atoms with van der Waals surface area (Å²) in [5.41, 5.74) is 7.37. The Morgan fingerprint density at radius 3 is 2.47 bits per heavy atom. The summed E-state index contributed by atoms with van der Waals surface area (Å²) in [6.07, 6.45) is 1.91. The first-order valence-electron chi connectivity index (χ1n) is 6.41. The van der Waals surface area contributed by atoms with Gasteiger partial charge in [-0.25, -0.2) is 4.79 Å². The zero-order chi connectivity index (χ0) is 13.8. The number of amides is 1. The number of hydrogen-bond donors (Lipinski definition) is 3. The van der Waals surface area contributed by atoms with E-state index < -0.39 is 12.0 Å². The van der Waals surface area contributed by atoms with Crippen LogP contribution in [0.5, 0.6) is 0 Å². The van der Waals surface area contributed by atoms with Crippen LogP contribution in [0.1, 0.15) is 24.0 Å². The van der Waals surface area contributed by atoms with E-state index in [4.69, 9.17) is 10.8 Å². The van der Waals surface area contributed by atoms with Gasteiger partial charge in [-0.1, -0.05) is 24.3 Å². The van der Waals surface area contributed by atoms with Crippen molar-refractivity contribution < 1.29 is 14.7 Å². The quantitative estimate of drug-likeness (QED) is 0.702. The Kier molecular flexibility index (Phi) is 4.16. The van der Waals surface area contributed by atoms with Crippen molar-refractivity contribution in [3.8, 4) is 0 Å². The molecule has 2 rings (SSSR count). The lowest BCUT2D eigenvalue weighted by Crippen LogP contribution is -2.43. The third-order valence-electron chi connectivity index (χ3n) is 3.37. The Hall–Kier alpha value is -1.88. The minimum Gasteiger partial charge on any atom is -0.480 e. The zero-order valence-electron chi connectivity index (χ0n) is 10.6. The summed E-state index contributed by atoms with van der Waals surface area (Å²) in [6, 6.07) is 6.68. The van der Waals surface area contributed by atoms with Gasteiger partial charge in [0, 0.05) is 6.54 Å². The maximum Gasteiger partial charge on any atom is 0.326 e. The number of aliphatic carboxylic acids is 1. The lowest BCUT2D eigenvalue weighted by atomic mass is 10.0. The maximum atomic E-state index is 11.9. The first-order valence-corrected chi connectivity index (χ1v) is 6.41. The second kappa shape index (κ2) is 5.84. The van der Waals surface area contributed by atoms with Gasteiger partial charge < -0.3 is 16.2 Å². The summed E-state index contributed by atoms with van der Waals surface area (Å²) in [7, 11) is 0. The smallest absolute Gasteiger partial charge is 0.326 e. The van der Waals surface area contributed by atoms with E-state index in [-0.39, 0.29) is 18.2 Å². The van der Waals surface area contributed by atoms with Gasteiger partial charge in [0.05, 0.1) is 6.42 Å². The standard InChI is InChI=1S/C14H18N2O3/c15-8-11-4-2-1-3-10(11)7-12(17)16-13(14(18)19)9-5-6-9/h1-4,9,13H,5-8,15H2,(H,16,17)(H,18,19). The summed E-state index contributed by atoms with van der Waals surface area (Å²) >= 11 is 0. The lowest BCUT2D eigenvalue weighted by Gasteiger charge is -2.14. The van der Waals surface area contributed by atoms with E-state index >= 15 is 0 Å². The van der Waals surface area contributed by atoms with Crippen molar-refractivity contribution >= 4 is 11.9 Å². The van der Waals surface area contributed by atoms with E-state index in [0.717, 1.165) is 24.0 Å². The first kappa shape index (κ1) is 13.5. The van der Waals surface area contributed by atoms with Crippen molar-refractivity contribution in [2.75, 3.05) is 0 Å². The van der Waals surface area contributed by atoms with Gasteiger partial charge in [0.15, 0.2) is 0 Å². The fourth-order valence-electron chi connectivity index (χ4n) is 2.14. The number of nitrogens with two attached hydrogens (primary N) is 1. The van der Waals surface area contributed by atoms with E-state index in [0.29, 0.717) is 6.54 Å². The monoisotopic (exact) mass is 262 g/mol. The maximum absolute atomic E-state index is 11.9. The molecule has 0 radical (unpaired) electrons. The van der Waals surface area contributed by atoms with Crippen molar-refractivity contribution in [2.45, 2.75) is 31.8 Å². The minimum absolute atomic E-state index is 0.0891. The molecule has 1 fully saturated rings. The van der Waals surface area contributed by atoms with Crippen molar-refractivity contribution in [1.82, 2.24) is 5.32 Å².